The van der Waals surface area contributed by atoms with Crippen LogP contribution in [0.25, 0.3) is 0 Å². The molecule has 0 fully saturated rings. The maximum Gasteiger partial charge on any atom is 0.303 e. The van der Waals surface area contributed by atoms with Gasteiger partial charge in [-0.15, -0.1) is 11.8 Å². The molecule has 0 radical (unpaired) electrons. The molecule has 0 saturated carbocycles. The molecule has 0 aromatic carbocycles. The lowest BCUT2D eigenvalue weighted by Gasteiger charge is -2.21. The largest absolute Gasteiger partial charge is 0.458 e. The number of ether oxygens (including phenoxy) is 1. The van der Waals surface area contributed by atoms with Crippen molar-refractivity contribution in [3.63, 3.8) is 0 Å². The van der Waals surface area contributed by atoms with Gasteiger partial charge in [0.1, 0.15) is 6.10 Å². The molecule has 1 aliphatic heterocycles. The van der Waals surface area contributed by atoms with E-state index in [2.05, 4.69) is 40.6 Å². The van der Waals surface area contributed by atoms with Gasteiger partial charge in [0, 0.05) is 19.1 Å². The molecule has 0 amide bonds. The van der Waals surface area contributed by atoms with Crippen LogP contribution in [-0.2, 0) is 9.53 Å². The fourth-order valence-corrected chi connectivity index (χ4v) is 3.25. The average Bonchev–Trinajstić information content (AvgIpc) is 2.63. The van der Waals surface area contributed by atoms with Gasteiger partial charge in [-0.25, -0.2) is 0 Å². The highest BCUT2D eigenvalue weighted by Crippen LogP contribution is 2.30. The lowest BCUT2D eigenvalue weighted by Crippen LogP contribution is -2.23. The normalized spacial score (nSPS) is 25.5. The monoisotopic (exact) mass is 393 g/mol. The van der Waals surface area contributed by atoms with Gasteiger partial charge in [-0.05, 0) is 30.4 Å². The third-order valence-electron chi connectivity index (χ3n) is 2.78. The molecule has 1 heterocycles. The first kappa shape index (κ1) is 16.8. The van der Waals surface area contributed by atoms with Crippen LogP contribution in [0.4, 0.5) is 0 Å². The zero-order valence-electron chi connectivity index (χ0n) is 11.8. The van der Waals surface area contributed by atoms with Crippen LogP contribution in [0.5, 0.6) is 0 Å². The van der Waals surface area contributed by atoms with E-state index in [0.717, 1.165) is 16.4 Å². The van der Waals surface area contributed by atoms with E-state index in [0.29, 0.717) is 6.42 Å². The number of nitrogens with zero attached hydrogens (tertiary/aromatic N) is 1. The Hall–Kier alpha value is -0.300. The van der Waals surface area contributed by atoms with Crippen LogP contribution >= 0.6 is 34.4 Å². The van der Waals surface area contributed by atoms with Crippen LogP contribution in [0.1, 0.15) is 34.1 Å². The number of rotatable bonds is 5. The maximum atomic E-state index is 11.2. The molecule has 0 aliphatic carbocycles. The van der Waals surface area contributed by atoms with Crippen molar-refractivity contribution in [1.29, 1.82) is 0 Å². The molecule has 0 bridgehead atoms. The van der Waals surface area contributed by atoms with E-state index in [1.165, 1.54) is 6.92 Å². The standard InChI is InChI=1S/C14H20INO2S/c1-10(8-14(4)9-19-11(2)16-14)13(6-5-7-15)18-12(3)17/h5,7-8,13H,6,9H2,1-4H3/b7-5-,10-8+/t13?,14-/m0/s1. The zero-order chi connectivity index (χ0) is 14.5. The third-order valence-corrected chi connectivity index (χ3v) is 4.53. The van der Waals surface area contributed by atoms with Crippen molar-refractivity contribution < 1.29 is 9.53 Å². The molecule has 1 rings (SSSR count). The number of aliphatic imine (C=N–C) groups is 1. The molecule has 0 spiro atoms. The summed E-state index contributed by atoms with van der Waals surface area (Å²) < 4.78 is 7.32. The highest BCUT2D eigenvalue weighted by Gasteiger charge is 2.28. The van der Waals surface area contributed by atoms with Crippen molar-refractivity contribution in [3.05, 3.63) is 21.8 Å². The Bertz CT molecular complexity index is 431. The predicted octanol–water partition coefficient (Wildman–Crippen LogP) is 4.13. The summed E-state index contributed by atoms with van der Waals surface area (Å²) >= 11 is 3.94. The minimum absolute atomic E-state index is 0.175. The number of hydrogen-bond acceptors (Lipinski definition) is 4. The minimum atomic E-state index is -0.245. The van der Waals surface area contributed by atoms with Gasteiger partial charge in [-0.3, -0.25) is 9.79 Å². The summed E-state index contributed by atoms with van der Waals surface area (Å²) in [5.41, 5.74) is 0.886. The van der Waals surface area contributed by atoms with Gasteiger partial charge in [-0.1, -0.05) is 34.7 Å². The third kappa shape index (κ3) is 5.69. The Morgan fingerprint density at radius 1 is 1.63 bits per heavy atom. The Morgan fingerprint density at radius 2 is 2.32 bits per heavy atom. The summed E-state index contributed by atoms with van der Waals surface area (Å²) in [6.45, 7) is 7.59. The van der Waals surface area contributed by atoms with Crippen LogP contribution in [0, 0.1) is 0 Å². The topological polar surface area (TPSA) is 38.7 Å². The Morgan fingerprint density at radius 3 is 2.79 bits per heavy atom. The van der Waals surface area contributed by atoms with E-state index < -0.39 is 0 Å². The van der Waals surface area contributed by atoms with E-state index in [-0.39, 0.29) is 17.6 Å². The molecule has 0 N–H and O–H groups in total. The highest BCUT2D eigenvalue weighted by atomic mass is 127. The van der Waals surface area contributed by atoms with Gasteiger partial charge >= 0.3 is 5.97 Å². The fraction of sp³-hybridized carbons (Fsp3) is 0.571. The number of thioether (sulfide) groups is 1. The van der Waals surface area contributed by atoms with Gasteiger partial charge < -0.3 is 4.74 Å². The van der Waals surface area contributed by atoms with Crippen LogP contribution < -0.4 is 0 Å². The second-order valence-electron chi connectivity index (χ2n) is 4.86. The Balaban J connectivity index is 2.85. The molecule has 106 valence electrons. The molecule has 3 nitrogen and oxygen atoms in total. The molecule has 2 atom stereocenters. The first-order valence-electron chi connectivity index (χ1n) is 6.17. The van der Waals surface area contributed by atoms with E-state index >= 15 is 0 Å². The number of carbonyl (C=O) groups excluding carboxylic acids is 1. The summed E-state index contributed by atoms with van der Waals surface area (Å²) in [6.07, 6.45) is 4.65. The summed E-state index contributed by atoms with van der Waals surface area (Å²) in [5, 5.41) is 1.11. The smallest absolute Gasteiger partial charge is 0.303 e. The summed E-state index contributed by atoms with van der Waals surface area (Å²) in [4.78, 5) is 15.8. The van der Waals surface area contributed by atoms with Gasteiger partial charge in [-0.2, -0.15) is 0 Å². The van der Waals surface area contributed by atoms with Crippen LogP contribution in [0.3, 0.4) is 0 Å². The van der Waals surface area contributed by atoms with Gasteiger partial charge in [0.25, 0.3) is 0 Å². The molecule has 0 aromatic heterocycles. The summed E-state index contributed by atoms with van der Waals surface area (Å²) in [5.74, 6) is 0.704. The summed E-state index contributed by atoms with van der Waals surface area (Å²) in [6, 6.07) is 0. The quantitative estimate of drug-likeness (QED) is 0.401. The molecule has 0 aromatic rings. The maximum absolute atomic E-state index is 11.2. The lowest BCUT2D eigenvalue weighted by atomic mass is 9.98. The molecule has 5 heteroatoms. The van der Waals surface area contributed by atoms with Crippen molar-refractivity contribution in [2.45, 2.75) is 45.8 Å². The lowest BCUT2D eigenvalue weighted by molar-refractivity contribution is -0.144. The molecule has 19 heavy (non-hydrogen) atoms. The number of halogens is 1. The molecular weight excluding hydrogens is 373 g/mol. The van der Waals surface area contributed by atoms with Crippen molar-refractivity contribution in [3.8, 4) is 0 Å². The van der Waals surface area contributed by atoms with Gasteiger partial charge in [0.2, 0.25) is 0 Å². The van der Waals surface area contributed by atoms with Crippen LogP contribution in [-0.4, -0.2) is 28.4 Å². The second-order valence-corrected chi connectivity index (χ2v) is 6.75. The van der Waals surface area contributed by atoms with E-state index in [1.54, 1.807) is 11.8 Å². The predicted molar refractivity (Wildman–Crippen MR) is 91.1 cm³/mol. The second kappa shape index (κ2) is 7.47. The van der Waals surface area contributed by atoms with Crippen LogP contribution in [0.2, 0.25) is 0 Å². The first-order valence-corrected chi connectivity index (χ1v) is 8.40. The summed E-state index contributed by atoms with van der Waals surface area (Å²) in [7, 11) is 0. The SMILES string of the molecule is CC(=O)OC(C/C=C\I)/C(C)=C/[C@@]1(C)CSC(C)=N1. The Labute approximate surface area is 133 Å². The zero-order valence-corrected chi connectivity index (χ0v) is 14.7. The first-order chi connectivity index (χ1) is 8.86. The fourth-order valence-electron chi connectivity index (χ4n) is 2.03. The van der Waals surface area contributed by atoms with Crippen molar-refractivity contribution in [2.24, 2.45) is 4.99 Å². The minimum Gasteiger partial charge on any atom is -0.458 e. The van der Waals surface area contributed by atoms with Gasteiger partial charge in [0.05, 0.1) is 10.6 Å². The van der Waals surface area contributed by atoms with E-state index in [1.807, 2.05) is 24.0 Å². The number of esters is 1. The molecule has 1 aliphatic rings. The van der Waals surface area contributed by atoms with E-state index in [9.17, 15) is 4.79 Å². The van der Waals surface area contributed by atoms with E-state index in [4.69, 9.17) is 4.74 Å². The van der Waals surface area contributed by atoms with Crippen molar-refractivity contribution >= 4 is 45.4 Å². The number of carbonyl (C=O) groups is 1. The number of hydrogen-bond donors (Lipinski definition) is 0. The molecular formula is C14H20INO2S. The van der Waals surface area contributed by atoms with Crippen molar-refractivity contribution in [1.82, 2.24) is 0 Å². The van der Waals surface area contributed by atoms with Gasteiger partial charge in [0.15, 0.2) is 0 Å². The molecule has 1 unspecified atom stereocenters. The van der Waals surface area contributed by atoms with Crippen molar-refractivity contribution in [2.75, 3.05) is 5.75 Å². The Kier molecular flexibility index (Phi) is 6.59. The molecule has 0 saturated heterocycles. The highest BCUT2D eigenvalue weighted by molar-refractivity contribution is 14.1. The average molecular weight is 393 g/mol. The van der Waals surface area contributed by atoms with Crippen LogP contribution in [0.15, 0.2) is 26.8 Å².